The van der Waals surface area contributed by atoms with Gasteiger partial charge in [0.05, 0.1) is 6.54 Å². The summed E-state index contributed by atoms with van der Waals surface area (Å²) in [6.07, 6.45) is 1.96. The predicted molar refractivity (Wildman–Crippen MR) is 59.6 cm³/mol. The largest absolute Gasteiger partial charge is 0.312 e. The van der Waals surface area contributed by atoms with E-state index in [9.17, 15) is 0 Å². The van der Waals surface area contributed by atoms with Crippen molar-refractivity contribution in [2.75, 3.05) is 19.6 Å². The normalized spacial score (nSPS) is 24.0. The van der Waals surface area contributed by atoms with E-state index in [-0.39, 0.29) is 0 Å². The summed E-state index contributed by atoms with van der Waals surface area (Å²) < 4.78 is 0. The number of hydrogen-bond acceptors (Lipinski definition) is 4. The molecule has 0 bridgehead atoms. The Kier molecular flexibility index (Phi) is 3.15. The Morgan fingerprint density at radius 2 is 2.57 bits per heavy atom. The van der Waals surface area contributed by atoms with Gasteiger partial charge in [0.15, 0.2) is 0 Å². The minimum atomic E-state index is 0.616. The minimum Gasteiger partial charge on any atom is -0.312 e. The Morgan fingerprint density at radius 3 is 3.21 bits per heavy atom. The summed E-state index contributed by atoms with van der Waals surface area (Å²) in [6, 6.07) is 0.616. The number of aromatic nitrogens is 1. The predicted octanol–water partition coefficient (Wildman–Crippen LogP) is 1.25. The Labute approximate surface area is 89.1 Å². The molecule has 4 heteroatoms. The van der Waals surface area contributed by atoms with Crippen LogP contribution in [-0.2, 0) is 6.54 Å². The van der Waals surface area contributed by atoms with Crippen molar-refractivity contribution < 1.29 is 0 Å². The van der Waals surface area contributed by atoms with Gasteiger partial charge >= 0.3 is 0 Å². The van der Waals surface area contributed by atoms with Gasteiger partial charge in [0.25, 0.3) is 0 Å². The number of piperazine rings is 1. The Bertz CT molecular complexity index is 297. The second-order valence-corrected chi connectivity index (χ2v) is 5.27. The van der Waals surface area contributed by atoms with Gasteiger partial charge in [-0.05, 0) is 13.8 Å². The fraction of sp³-hybridized carbons (Fsp3) is 0.700. The average molecular weight is 211 g/mol. The fourth-order valence-electron chi connectivity index (χ4n) is 1.82. The zero-order valence-corrected chi connectivity index (χ0v) is 9.60. The number of nitrogens with zero attached hydrogens (tertiary/aromatic N) is 2. The molecule has 1 fully saturated rings. The first-order valence-electron chi connectivity index (χ1n) is 5.11. The van der Waals surface area contributed by atoms with Gasteiger partial charge in [-0.1, -0.05) is 0 Å². The molecular weight excluding hydrogens is 194 g/mol. The first kappa shape index (κ1) is 10.1. The van der Waals surface area contributed by atoms with Crippen molar-refractivity contribution in [3.63, 3.8) is 0 Å². The zero-order valence-electron chi connectivity index (χ0n) is 8.79. The maximum absolute atomic E-state index is 4.39. The molecule has 3 nitrogen and oxygen atoms in total. The van der Waals surface area contributed by atoms with Crippen LogP contribution in [0.3, 0.4) is 0 Å². The highest BCUT2D eigenvalue weighted by Gasteiger charge is 2.16. The van der Waals surface area contributed by atoms with Gasteiger partial charge in [0.1, 0.15) is 5.01 Å². The lowest BCUT2D eigenvalue weighted by Crippen LogP contribution is -2.48. The van der Waals surface area contributed by atoms with Gasteiger partial charge in [-0.2, -0.15) is 0 Å². The first-order valence-corrected chi connectivity index (χ1v) is 5.93. The van der Waals surface area contributed by atoms with E-state index in [0.29, 0.717) is 6.04 Å². The highest BCUT2D eigenvalue weighted by molar-refractivity contribution is 7.11. The molecule has 0 amide bonds. The van der Waals surface area contributed by atoms with Crippen molar-refractivity contribution in [2.45, 2.75) is 26.4 Å². The van der Waals surface area contributed by atoms with Crippen LogP contribution in [0.15, 0.2) is 6.20 Å². The monoisotopic (exact) mass is 211 g/mol. The molecule has 1 atom stereocenters. The smallest absolute Gasteiger partial charge is 0.107 e. The summed E-state index contributed by atoms with van der Waals surface area (Å²) in [5.74, 6) is 0. The molecule has 0 saturated carbocycles. The lowest BCUT2D eigenvalue weighted by Gasteiger charge is -2.31. The first-order chi connectivity index (χ1) is 6.74. The van der Waals surface area contributed by atoms with Crippen LogP contribution in [0, 0.1) is 6.92 Å². The summed E-state index contributed by atoms with van der Waals surface area (Å²) in [6.45, 7) is 8.75. The number of nitrogens with one attached hydrogen (secondary N) is 1. The molecule has 1 N–H and O–H groups in total. The van der Waals surface area contributed by atoms with Crippen LogP contribution < -0.4 is 5.32 Å². The summed E-state index contributed by atoms with van der Waals surface area (Å²) in [7, 11) is 0. The fourth-order valence-corrected chi connectivity index (χ4v) is 2.65. The van der Waals surface area contributed by atoms with E-state index >= 15 is 0 Å². The van der Waals surface area contributed by atoms with E-state index in [4.69, 9.17) is 0 Å². The van der Waals surface area contributed by atoms with Gasteiger partial charge in [-0.3, -0.25) is 4.90 Å². The standard InChI is InChI=1S/C10H17N3S/c1-8-6-13(4-3-11-8)7-10-12-5-9(2)14-10/h5,8,11H,3-4,6-7H2,1-2H3. The van der Waals surface area contributed by atoms with Crippen LogP contribution in [-0.4, -0.2) is 35.6 Å². The lowest BCUT2D eigenvalue weighted by molar-refractivity contribution is 0.199. The van der Waals surface area contributed by atoms with E-state index in [2.05, 4.69) is 29.0 Å². The van der Waals surface area contributed by atoms with Crippen molar-refractivity contribution in [3.05, 3.63) is 16.1 Å². The van der Waals surface area contributed by atoms with Crippen LogP contribution in [0.5, 0.6) is 0 Å². The van der Waals surface area contributed by atoms with Gasteiger partial charge in [-0.15, -0.1) is 11.3 Å². The molecule has 1 aromatic rings. The van der Waals surface area contributed by atoms with Gasteiger partial charge in [-0.25, -0.2) is 4.98 Å². The molecule has 1 aliphatic heterocycles. The number of rotatable bonds is 2. The van der Waals surface area contributed by atoms with Gasteiger partial charge in [0.2, 0.25) is 0 Å². The molecular formula is C10H17N3S. The molecule has 14 heavy (non-hydrogen) atoms. The lowest BCUT2D eigenvalue weighted by atomic mass is 10.2. The van der Waals surface area contributed by atoms with Gasteiger partial charge < -0.3 is 5.32 Å². The molecule has 0 spiro atoms. The third-order valence-electron chi connectivity index (χ3n) is 2.48. The van der Waals surface area contributed by atoms with Crippen LogP contribution >= 0.6 is 11.3 Å². The Morgan fingerprint density at radius 1 is 1.71 bits per heavy atom. The van der Waals surface area contributed by atoms with E-state index < -0.39 is 0 Å². The highest BCUT2D eigenvalue weighted by Crippen LogP contribution is 2.14. The van der Waals surface area contributed by atoms with Crippen molar-refractivity contribution in [3.8, 4) is 0 Å². The third-order valence-corrected chi connectivity index (χ3v) is 3.38. The summed E-state index contributed by atoms with van der Waals surface area (Å²) in [4.78, 5) is 8.17. The van der Waals surface area contributed by atoms with Gasteiger partial charge in [0, 0.05) is 36.8 Å². The van der Waals surface area contributed by atoms with E-state index in [1.165, 1.54) is 9.88 Å². The number of aryl methyl sites for hydroxylation is 1. The Hall–Kier alpha value is -0.450. The van der Waals surface area contributed by atoms with E-state index in [1.54, 1.807) is 0 Å². The molecule has 0 radical (unpaired) electrons. The van der Waals surface area contributed by atoms with Crippen LogP contribution in [0.25, 0.3) is 0 Å². The molecule has 78 valence electrons. The molecule has 2 rings (SSSR count). The summed E-state index contributed by atoms with van der Waals surface area (Å²) in [5, 5.41) is 4.69. The zero-order chi connectivity index (χ0) is 9.97. The second-order valence-electron chi connectivity index (χ2n) is 3.95. The van der Waals surface area contributed by atoms with Crippen molar-refractivity contribution in [1.29, 1.82) is 0 Å². The molecule has 2 heterocycles. The molecule has 1 unspecified atom stereocenters. The maximum atomic E-state index is 4.39. The van der Waals surface area contributed by atoms with Crippen molar-refractivity contribution in [1.82, 2.24) is 15.2 Å². The quantitative estimate of drug-likeness (QED) is 0.798. The summed E-state index contributed by atoms with van der Waals surface area (Å²) >= 11 is 1.81. The average Bonchev–Trinajstić information content (AvgIpc) is 2.51. The van der Waals surface area contributed by atoms with Crippen LogP contribution in [0.1, 0.15) is 16.8 Å². The molecule has 0 aromatic carbocycles. The highest BCUT2D eigenvalue weighted by atomic mass is 32.1. The van der Waals surface area contributed by atoms with E-state index in [0.717, 1.165) is 26.2 Å². The molecule has 1 aliphatic rings. The molecule has 1 aromatic heterocycles. The van der Waals surface area contributed by atoms with E-state index in [1.807, 2.05) is 17.5 Å². The van der Waals surface area contributed by atoms with Crippen LogP contribution in [0.2, 0.25) is 0 Å². The summed E-state index contributed by atoms with van der Waals surface area (Å²) in [5.41, 5.74) is 0. The SMILES string of the molecule is Cc1cnc(CN2CCNC(C)C2)s1. The molecule has 0 aliphatic carbocycles. The third kappa shape index (κ3) is 2.53. The Balaban J connectivity index is 1.90. The number of thiazole rings is 1. The number of hydrogen-bond donors (Lipinski definition) is 1. The second kappa shape index (κ2) is 4.38. The van der Waals surface area contributed by atoms with Crippen molar-refractivity contribution >= 4 is 11.3 Å². The van der Waals surface area contributed by atoms with Crippen molar-refractivity contribution in [2.24, 2.45) is 0 Å². The topological polar surface area (TPSA) is 28.2 Å². The minimum absolute atomic E-state index is 0.616. The molecule has 1 saturated heterocycles. The van der Waals surface area contributed by atoms with Crippen LogP contribution in [0.4, 0.5) is 0 Å². The maximum Gasteiger partial charge on any atom is 0.107 e.